The lowest BCUT2D eigenvalue weighted by molar-refractivity contribution is -0.151. The van der Waals surface area contributed by atoms with Crippen LogP contribution in [-0.4, -0.2) is 45.8 Å². The number of thioether (sulfide) groups is 1. The summed E-state index contributed by atoms with van der Waals surface area (Å²) in [4.78, 5) is 26.7. The quantitative estimate of drug-likeness (QED) is 0.233. The van der Waals surface area contributed by atoms with E-state index in [1.165, 1.54) is 0 Å². The Hall–Kier alpha value is -2.00. The first-order valence-electron chi connectivity index (χ1n) is 12.7. The largest absolute Gasteiger partial charge is 0.461 e. The highest BCUT2D eigenvalue weighted by Gasteiger charge is 2.30. The van der Waals surface area contributed by atoms with Crippen molar-refractivity contribution >= 4 is 62.8 Å². The molecule has 1 saturated carbocycles. The van der Waals surface area contributed by atoms with Gasteiger partial charge in [0, 0.05) is 20.6 Å². The minimum Gasteiger partial charge on any atom is -0.461 e. The van der Waals surface area contributed by atoms with Gasteiger partial charge >= 0.3 is 5.97 Å². The van der Waals surface area contributed by atoms with E-state index in [1.54, 1.807) is 34.6 Å². The van der Waals surface area contributed by atoms with Gasteiger partial charge in [0.25, 0.3) is 5.91 Å². The molecule has 1 atom stereocenters. The monoisotopic (exact) mass is 637 g/mol. The number of aromatic nitrogens is 2. The average Bonchev–Trinajstić information content (AvgIpc) is 3.54. The van der Waals surface area contributed by atoms with Gasteiger partial charge in [0.05, 0.1) is 16.4 Å². The maximum Gasteiger partial charge on any atom is 0.328 e. The summed E-state index contributed by atoms with van der Waals surface area (Å²) < 4.78 is 8.37. The van der Waals surface area contributed by atoms with Gasteiger partial charge in [-0.1, -0.05) is 58.2 Å². The molecule has 1 aliphatic rings. The Kier molecular flexibility index (Phi) is 10.2. The van der Waals surface area contributed by atoms with Crippen LogP contribution < -0.4 is 5.32 Å². The molecule has 1 aliphatic carbocycles. The summed E-state index contributed by atoms with van der Waals surface area (Å²) in [7, 11) is 0. The second-order valence-corrected chi connectivity index (χ2v) is 11.9. The van der Waals surface area contributed by atoms with Gasteiger partial charge in [-0.2, -0.15) is 16.9 Å². The molecule has 3 aromatic rings. The number of halogens is 3. The van der Waals surface area contributed by atoms with Crippen molar-refractivity contribution in [2.45, 2.75) is 57.6 Å². The van der Waals surface area contributed by atoms with Crippen molar-refractivity contribution in [2.75, 3.05) is 12.0 Å². The highest BCUT2D eigenvalue weighted by molar-refractivity contribution is 9.10. The Labute approximate surface area is 245 Å². The first-order chi connectivity index (χ1) is 18.3. The average molecular weight is 639 g/mol. The minimum absolute atomic E-state index is 0.0716. The molecule has 6 nitrogen and oxygen atoms in total. The van der Waals surface area contributed by atoms with Gasteiger partial charge < -0.3 is 10.1 Å². The maximum absolute atomic E-state index is 13.7. The molecule has 2 aromatic carbocycles. The zero-order valence-corrected chi connectivity index (χ0v) is 25.2. The third-order valence-electron chi connectivity index (χ3n) is 6.59. The van der Waals surface area contributed by atoms with Crippen molar-refractivity contribution in [1.29, 1.82) is 0 Å². The zero-order valence-electron chi connectivity index (χ0n) is 21.3. The molecule has 0 unspecified atom stereocenters. The lowest BCUT2D eigenvalue weighted by Crippen LogP contribution is -2.43. The fraction of sp³-hybridized carbons (Fsp3) is 0.393. The van der Waals surface area contributed by atoms with Gasteiger partial charge in [0.15, 0.2) is 5.69 Å². The van der Waals surface area contributed by atoms with Gasteiger partial charge in [0.1, 0.15) is 12.1 Å². The summed E-state index contributed by atoms with van der Waals surface area (Å²) in [5.41, 5.74) is 3.23. The summed E-state index contributed by atoms with van der Waals surface area (Å²) in [6, 6.07) is 12.2. The van der Waals surface area contributed by atoms with E-state index in [0.717, 1.165) is 47.0 Å². The molecule has 0 aliphatic heterocycles. The first-order valence-corrected chi connectivity index (χ1v) is 15.6. The number of ether oxygens (including phenoxy) is 1. The number of hydrogen-bond acceptors (Lipinski definition) is 5. The Bertz CT molecular complexity index is 1290. The number of nitrogens with one attached hydrogen (secondary N) is 1. The van der Waals surface area contributed by atoms with E-state index in [-0.39, 0.29) is 17.8 Å². The van der Waals surface area contributed by atoms with Crippen LogP contribution in [0.15, 0.2) is 46.9 Å². The molecule has 202 valence electrons. The second-order valence-electron chi connectivity index (χ2n) is 9.19. The van der Waals surface area contributed by atoms with Crippen molar-refractivity contribution in [2.24, 2.45) is 0 Å². The summed E-state index contributed by atoms with van der Waals surface area (Å²) in [5.74, 6) is -0.0891. The molecule has 1 N–H and O–H groups in total. The van der Waals surface area contributed by atoms with Crippen LogP contribution in [0.25, 0.3) is 16.9 Å². The van der Waals surface area contributed by atoms with E-state index in [4.69, 9.17) is 33.0 Å². The zero-order chi connectivity index (χ0) is 27.2. The van der Waals surface area contributed by atoms with E-state index in [0.29, 0.717) is 34.3 Å². The number of carbonyl (C=O) groups is 2. The topological polar surface area (TPSA) is 73.2 Å². The van der Waals surface area contributed by atoms with E-state index in [2.05, 4.69) is 21.2 Å². The van der Waals surface area contributed by atoms with Crippen molar-refractivity contribution < 1.29 is 14.3 Å². The predicted molar refractivity (Wildman–Crippen MR) is 159 cm³/mol. The maximum atomic E-state index is 13.7. The molecule has 0 saturated heterocycles. The Morgan fingerprint density at radius 2 is 1.89 bits per heavy atom. The fourth-order valence-corrected chi connectivity index (χ4v) is 5.89. The summed E-state index contributed by atoms with van der Waals surface area (Å²) in [6.07, 6.45) is 6.78. The lowest BCUT2D eigenvalue weighted by Gasteiger charge is -2.20. The van der Waals surface area contributed by atoms with Crippen molar-refractivity contribution in [3.8, 4) is 16.9 Å². The number of rotatable bonds is 10. The summed E-state index contributed by atoms with van der Waals surface area (Å²) in [5, 5.41) is 8.58. The standard InChI is InChI=1S/C28H30BrCl2N3O3S/c1-3-21-25(27(35)32-23(14-15-38-2)28(36)37-20-6-4-5-7-20)33-34(24-13-12-19(30)16-22(24)31)26(21)17-8-10-18(29)11-9-17/h8-13,16,20,23H,3-7,14-15H2,1-2H3,(H,32,35)/t23-/m0/s1. The molecular weight excluding hydrogens is 609 g/mol. The van der Waals surface area contributed by atoms with Gasteiger partial charge in [-0.15, -0.1) is 0 Å². The van der Waals surface area contributed by atoms with Crippen LogP contribution in [-0.2, 0) is 16.0 Å². The smallest absolute Gasteiger partial charge is 0.328 e. The van der Waals surface area contributed by atoms with Gasteiger partial charge in [-0.25, -0.2) is 9.48 Å². The molecule has 1 fully saturated rings. The Balaban J connectivity index is 1.73. The molecule has 1 amide bonds. The fourth-order valence-electron chi connectivity index (χ4n) is 4.66. The number of benzene rings is 2. The van der Waals surface area contributed by atoms with Crippen LogP contribution in [0.2, 0.25) is 10.0 Å². The van der Waals surface area contributed by atoms with Gasteiger partial charge in [-0.3, -0.25) is 4.79 Å². The number of nitrogens with zero attached hydrogens (tertiary/aromatic N) is 2. The van der Waals surface area contributed by atoms with Crippen LogP contribution in [0.3, 0.4) is 0 Å². The highest BCUT2D eigenvalue weighted by atomic mass is 79.9. The Morgan fingerprint density at radius 1 is 1.18 bits per heavy atom. The van der Waals surface area contributed by atoms with Gasteiger partial charge in [0.2, 0.25) is 0 Å². The van der Waals surface area contributed by atoms with E-state index in [1.807, 2.05) is 37.4 Å². The molecule has 10 heteroatoms. The molecule has 0 radical (unpaired) electrons. The SMILES string of the molecule is CCc1c(C(=O)N[C@@H](CCSC)C(=O)OC2CCCC2)nn(-c2ccc(Cl)cc2Cl)c1-c1ccc(Br)cc1. The normalized spacial score (nSPS) is 14.4. The van der Waals surface area contributed by atoms with Gasteiger partial charge in [-0.05, 0) is 80.9 Å². The lowest BCUT2D eigenvalue weighted by atomic mass is 10.0. The molecule has 38 heavy (non-hydrogen) atoms. The highest BCUT2D eigenvalue weighted by Crippen LogP contribution is 2.34. The molecule has 0 spiro atoms. The van der Waals surface area contributed by atoms with E-state index < -0.39 is 11.9 Å². The van der Waals surface area contributed by atoms with Crippen LogP contribution in [0.1, 0.15) is 55.1 Å². The van der Waals surface area contributed by atoms with Crippen LogP contribution in [0, 0.1) is 0 Å². The van der Waals surface area contributed by atoms with Crippen LogP contribution >= 0.6 is 50.9 Å². The minimum atomic E-state index is -0.749. The van der Waals surface area contributed by atoms with Crippen molar-refractivity contribution in [3.63, 3.8) is 0 Å². The number of amides is 1. The predicted octanol–water partition coefficient (Wildman–Crippen LogP) is 7.51. The van der Waals surface area contributed by atoms with Crippen molar-refractivity contribution in [3.05, 3.63) is 68.2 Å². The number of carbonyl (C=O) groups excluding carboxylic acids is 2. The summed E-state index contributed by atoms with van der Waals surface area (Å²) >= 11 is 17.8. The van der Waals surface area contributed by atoms with Crippen LogP contribution in [0.5, 0.6) is 0 Å². The second kappa shape index (κ2) is 13.4. The van der Waals surface area contributed by atoms with E-state index in [9.17, 15) is 9.59 Å². The van der Waals surface area contributed by atoms with E-state index >= 15 is 0 Å². The third kappa shape index (κ3) is 6.76. The third-order valence-corrected chi connectivity index (χ3v) is 8.30. The molecule has 1 heterocycles. The molecular formula is C28H30BrCl2N3O3S. The Morgan fingerprint density at radius 3 is 2.53 bits per heavy atom. The summed E-state index contributed by atoms with van der Waals surface area (Å²) in [6.45, 7) is 1.98. The molecule has 4 rings (SSSR count). The number of esters is 1. The molecule has 1 aromatic heterocycles. The molecule has 0 bridgehead atoms. The first kappa shape index (κ1) is 29.0. The van der Waals surface area contributed by atoms with Crippen LogP contribution in [0.4, 0.5) is 0 Å². The van der Waals surface area contributed by atoms with Crippen molar-refractivity contribution in [1.82, 2.24) is 15.1 Å². The number of hydrogen-bond donors (Lipinski definition) is 1.